The number of ether oxygens (including phenoxy) is 2. The molecule has 0 fully saturated rings. The molecule has 1 atom stereocenters. The Kier molecular flexibility index (Phi) is 8.22. The Balaban J connectivity index is 1.27. The first-order valence-corrected chi connectivity index (χ1v) is 18.5. The summed E-state index contributed by atoms with van der Waals surface area (Å²) in [5.74, 6) is 1.70. The summed E-state index contributed by atoms with van der Waals surface area (Å²) < 4.78 is 39.3. The Bertz CT molecular complexity index is 2110. The minimum Gasteiger partial charge on any atom is -0.494 e. The van der Waals surface area contributed by atoms with Crippen molar-refractivity contribution in [3.63, 3.8) is 0 Å². The Morgan fingerprint density at radius 3 is 2.45 bits per heavy atom. The van der Waals surface area contributed by atoms with Crippen molar-refractivity contribution in [2.45, 2.75) is 62.5 Å². The molecule has 1 unspecified atom stereocenters. The maximum atomic E-state index is 13.0. The molecule has 0 radical (unpaired) electrons. The van der Waals surface area contributed by atoms with Crippen molar-refractivity contribution in [2.24, 2.45) is 0 Å². The average molecular weight is 666 g/mol. The second kappa shape index (κ2) is 12.2. The number of halogens is 1. The van der Waals surface area contributed by atoms with E-state index < -0.39 is 21.0 Å². The number of benzene rings is 5. The quantitative estimate of drug-likeness (QED) is 0.139. The molecule has 1 spiro atoms. The fourth-order valence-corrected chi connectivity index (χ4v) is 8.98. The van der Waals surface area contributed by atoms with Gasteiger partial charge in [-0.25, -0.2) is 8.42 Å². The van der Waals surface area contributed by atoms with Crippen LogP contribution < -0.4 is 14.4 Å². The van der Waals surface area contributed by atoms with Crippen LogP contribution in [0.3, 0.4) is 0 Å². The number of anilines is 1. The first-order chi connectivity index (χ1) is 22.7. The van der Waals surface area contributed by atoms with Gasteiger partial charge in [0.15, 0.2) is 9.84 Å². The van der Waals surface area contributed by atoms with Crippen LogP contribution in [-0.2, 0) is 15.3 Å². The van der Waals surface area contributed by atoms with Crippen LogP contribution in [0.1, 0.15) is 57.6 Å². The van der Waals surface area contributed by atoms with Crippen LogP contribution in [0.15, 0.2) is 102 Å². The number of hydrogen-bond donors (Lipinski definition) is 0. The summed E-state index contributed by atoms with van der Waals surface area (Å²) in [6.07, 6.45) is 7.59. The van der Waals surface area contributed by atoms with Crippen LogP contribution in [0, 0.1) is 0 Å². The molecule has 0 aliphatic carbocycles. The van der Waals surface area contributed by atoms with Gasteiger partial charge in [0, 0.05) is 28.9 Å². The molecule has 5 aromatic carbocycles. The van der Waals surface area contributed by atoms with Crippen LogP contribution in [0.4, 0.5) is 5.69 Å². The SMILES string of the molecule is CCCCS(=O)(=O)c1ccc2c3c(cc(Cl)c2c1)OC1(C=C3)N(CCCCOc2ccccc2)c2c(ccc3ccccc23)C1(C)C. The molecule has 7 rings (SSSR count). The van der Waals surface area contributed by atoms with Gasteiger partial charge in [-0.2, -0.15) is 0 Å². The van der Waals surface area contributed by atoms with E-state index in [-0.39, 0.29) is 5.75 Å². The summed E-state index contributed by atoms with van der Waals surface area (Å²) in [5, 5.41) is 4.45. The molecule has 0 saturated heterocycles. The molecule has 47 heavy (non-hydrogen) atoms. The van der Waals surface area contributed by atoms with E-state index in [9.17, 15) is 8.42 Å². The summed E-state index contributed by atoms with van der Waals surface area (Å²) >= 11 is 6.93. The highest BCUT2D eigenvalue weighted by Gasteiger charge is 2.59. The van der Waals surface area contributed by atoms with Crippen molar-refractivity contribution in [1.82, 2.24) is 0 Å². The molecule has 0 amide bonds. The Morgan fingerprint density at radius 2 is 1.64 bits per heavy atom. The van der Waals surface area contributed by atoms with Crippen molar-refractivity contribution < 1.29 is 17.9 Å². The van der Waals surface area contributed by atoms with E-state index in [0.29, 0.717) is 34.1 Å². The summed E-state index contributed by atoms with van der Waals surface area (Å²) in [6, 6.07) is 30.1. The van der Waals surface area contributed by atoms with Crippen LogP contribution >= 0.6 is 11.6 Å². The lowest BCUT2D eigenvalue weighted by molar-refractivity contribution is 0.0533. The number of nitrogens with zero attached hydrogens (tertiary/aromatic N) is 1. The Labute approximate surface area is 282 Å². The van der Waals surface area contributed by atoms with E-state index in [1.165, 1.54) is 22.0 Å². The molecule has 0 saturated carbocycles. The molecule has 5 aromatic rings. The topological polar surface area (TPSA) is 55.8 Å². The number of para-hydroxylation sites is 1. The van der Waals surface area contributed by atoms with Gasteiger partial charge < -0.3 is 14.4 Å². The van der Waals surface area contributed by atoms with Crippen molar-refractivity contribution in [3.8, 4) is 11.5 Å². The number of unbranched alkanes of at least 4 members (excludes halogenated alkanes) is 2. The standard InChI is InChI=1S/C40H40ClNO4S/c1-4-5-25-47(43,44)30-18-19-32-33-21-22-40(46-37(33)27-36(41)34(32)26-30)39(2,3)35-20-17-28-13-9-10-16-31(28)38(35)42(40)23-11-12-24-45-29-14-7-6-8-15-29/h6-10,13-22,26-27H,4-5,11-12,23-25H2,1-3H3. The predicted molar refractivity (Wildman–Crippen MR) is 194 cm³/mol. The van der Waals surface area contributed by atoms with Crippen molar-refractivity contribution in [3.05, 3.63) is 113 Å². The normalized spacial score (nSPS) is 18.0. The minimum absolute atomic E-state index is 0.127. The highest BCUT2D eigenvalue weighted by molar-refractivity contribution is 7.91. The largest absolute Gasteiger partial charge is 0.494 e. The van der Waals surface area contributed by atoms with Crippen LogP contribution in [-0.4, -0.2) is 33.0 Å². The molecule has 5 nitrogen and oxygen atoms in total. The van der Waals surface area contributed by atoms with Gasteiger partial charge in [0.25, 0.3) is 0 Å². The molecule has 7 heteroatoms. The minimum atomic E-state index is -3.39. The lowest BCUT2D eigenvalue weighted by Gasteiger charge is -2.47. The molecular weight excluding hydrogens is 626 g/mol. The van der Waals surface area contributed by atoms with E-state index in [0.717, 1.165) is 42.5 Å². The summed E-state index contributed by atoms with van der Waals surface area (Å²) in [5.41, 5.74) is 2.10. The highest BCUT2D eigenvalue weighted by Crippen LogP contribution is 2.57. The van der Waals surface area contributed by atoms with E-state index in [1.807, 2.05) is 49.4 Å². The first kappa shape index (κ1) is 31.6. The molecule has 0 aromatic heterocycles. The molecular formula is C40H40ClNO4S. The zero-order valence-corrected chi connectivity index (χ0v) is 28.7. The molecule has 2 aliphatic rings. The van der Waals surface area contributed by atoms with Gasteiger partial charge >= 0.3 is 0 Å². The van der Waals surface area contributed by atoms with E-state index in [1.54, 1.807) is 12.1 Å². The maximum Gasteiger partial charge on any atom is 0.212 e. The number of fused-ring (bicyclic) bond motifs is 6. The van der Waals surface area contributed by atoms with Gasteiger partial charge in [-0.1, -0.05) is 85.6 Å². The third-order valence-corrected chi connectivity index (χ3v) is 12.0. The van der Waals surface area contributed by atoms with Crippen molar-refractivity contribution in [1.29, 1.82) is 0 Å². The van der Waals surface area contributed by atoms with Crippen LogP contribution in [0.5, 0.6) is 11.5 Å². The van der Waals surface area contributed by atoms with Gasteiger partial charge in [0.05, 0.1) is 33.4 Å². The van der Waals surface area contributed by atoms with E-state index >= 15 is 0 Å². The average Bonchev–Trinajstić information content (AvgIpc) is 3.25. The second-order valence-electron chi connectivity index (χ2n) is 13.1. The van der Waals surface area contributed by atoms with Gasteiger partial charge in [0.1, 0.15) is 11.5 Å². The summed E-state index contributed by atoms with van der Waals surface area (Å²) in [6.45, 7) is 7.90. The van der Waals surface area contributed by atoms with Gasteiger partial charge in [-0.15, -0.1) is 0 Å². The lowest BCUT2D eigenvalue weighted by atomic mass is 9.76. The monoisotopic (exact) mass is 665 g/mol. The zero-order chi connectivity index (χ0) is 32.8. The van der Waals surface area contributed by atoms with Gasteiger partial charge in [-0.3, -0.25) is 0 Å². The molecule has 0 N–H and O–H groups in total. The highest BCUT2D eigenvalue weighted by atomic mass is 35.5. The number of hydrogen-bond acceptors (Lipinski definition) is 5. The van der Waals surface area contributed by atoms with Crippen LogP contribution in [0.25, 0.3) is 27.6 Å². The summed E-state index contributed by atoms with van der Waals surface area (Å²) in [7, 11) is -3.39. The van der Waals surface area contributed by atoms with Crippen molar-refractivity contribution >= 4 is 54.7 Å². The Hall–Kier alpha value is -4.00. The summed E-state index contributed by atoms with van der Waals surface area (Å²) in [4.78, 5) is 2.74. The number of rotatable bonds is 10. The van der Waals surface area contributed by atoms with Crippen LogP contribution in [0.2, 0.25) is 5.02 Å². The third-order valence-electron chi connectivity index (χ3n) is 9.86. The predicted octanol–water partition coefficient (Wildman–Crippen LogP) is 9.98. The zero-order valence-electron chi connectivity index (χ0n) is 27.1. The second-order valence-corrected chi connectivity index (χ2v) is 15.6. The smallest absolute Gasteiger partial charge is 0.212 e. The van der Waals surface area contributed by atoms with E-state index in [2.05, 4.69) is 67.3 Å². The van der Waals surface area contributed by atoms with Gasteiger partial charge in [-0.05, 0) is 85.9 Å². The van der Waals surface area contributed by atoms with Gasteiger partial charge in [0.2, 0.25) is 5.72 Å². The molecule has 2 heterocycles. The third kappa shape index (κ3) is 5.36. The maximum absolute atomic E-state index is 13.0. The fraction of sp³-hybridized carbons (Fsp3) is 0.300. The van der Waals surface area contributed by atoms with Crippen molar-refractivity contribution in [2.75, 3.05) is 23.8 Å². The number of sulfone groups is 1. The molecule has 0 bridgehead atoms. The molecule has 242 valence electrons. The van der Waals surface area contributed by atoms with E-state index in [4.69, 9.17) is 21.1 Å². The fourth-order valence-electron chi connectivity index (χ4n) is 7.24. The lowest BCUT2D eigenvalue weighted by Crippen LogP contribution is -2.59. The first-order valence-electron chi connectivity index (χ1n) is 16.5. The molecule has 2 aliphatic heterocycles. The Morgan fingerprint density at radius 1 is 0.851 bits per heavy atom.